The number of rotatable bonds is 3. The first-order valence-electron chi connectivity index (χ1n) is 7.71. The van der Waals surface area contributed by atoms with E-state index in [2.05, 4.69) is 25.4 Å². The molecule has 0 bridgehead atoms. The highest BCUT2D eigenvalue weighted by Gasteiger charge is 2.15. The second-order valence-electron chi connectivity index (χ2n) is 5.48. The quantitative estimate of drug-likeness (QED) is 0.624. The molecule has 0 saturated heterocycles. The molecule has 0 aromatic carbocycles. The van der Waals surface area contributed by atoms with Crippen LogP contribution in [0.2, 0.25) is 0 Å². The van der Waals surface area contributed by atoms with Crippen molar-refractivity contribution in [3.8, 4) is 11.4 Å². The molecule has 0 spiro atoms. The number of amides is 1. The van der Waals surface area contributed by atoms with Gasteiger partial charge in [0.2, 0.25) is 0 Å². The molecule has 4 aromatic heterocycles. The Morgan fingerprint density at radius 3 is 2.76 bits per heavy atom. The molecule has 1 N–H and O–H groups in total. The van der Waals surface area contributed by atoms with E-state index in [1.54, 1.807) is 47.4 Å². The monoisotopic (exact) mass is 330 g/mol. The Bertz CT molecular complexity index is 1040. The Morgan fingerprint density at radius 2 is 2.00 bits per heavy atom. The third-order valence-corrected chi connectivity index (χ3v) is 3.68. The standard InChI is InChI=1S/C18H14N6O/c1-12-7-8-13(11-20-12)16-22-17-14(5-4-10-24(17)23-16)18(25)21-15-6-2-3-9-19-15/h2-11H,1H3,(H,19,21,25). The lowest BCUT2D eigenvalue weighted by Crippen LogP contribution is -2.14. The summed E-state index contributed by atoms with van der Waals surface area (Å²) in [6.07, 6.45) is 5.10. The Hall–Kier alpha value is -3.61. The number of carbonyl (C=O) groups is 1. The van der Waals surface area contributed by atoms with Crippen LogP contribution in [0.1, 0.15) is 16.1 Å². The summed E-state index contributed by atoms with van der Waals surface area (Å²) in [6, 6.07) is 12.6. The average Bonchev–Trinajstić information content (AvgIpc) is 3.07. The van der Waals surface area contributed by atoms with Crippen molar-refractivity contribution in [2.75, 3.05) is 5.32 Å². The summed E-state index contributed by atoms with van der Waals surface area (Å²) in [5, 5.41) is 7.20. The van der Waals surface area contributed by atoms with Gasteiger partial charge in [0.15, 0.2) is 11.5 Å². The zero-order valence-electron chi connectivity index (χ0n) is 13.4. The minimum Gasteiger partial charge on any atom is -0.306 e. The predicted octanol–water partition coefficient (Wildman–Crippen LogP) is 2.75. The lowest BCUT2D eigenvalue weighted by molar-refractivity contribution is 0.102. The number of nitrogens with zero attached hydrogens (tertiary/aromatic N) is 5. The van der Waals surface area contributed by atoms with Gasteiger partial charge in [0.1, 0.15) is 5.82 Å². The van der Waals surface area contributed by atoms with Gasteiger partial charge in [-0.05, 0) is 43.3 Å². The van der Waals surface area contributed by atoms with E-state index in [1.165, 1.54) is 0 Å². The van der Waals surface area contributed by atoms with Gasteiger partial charge in [0, 0.05) is 29.8 Å². The molecule has 0 fully saturated rings. The summed E-state index contributed by atoms with van der Waals surface area (Å²) in [5.41, 5.74) is 2.62. The molecule has 0 unspecified atom stereocenters. The lowest BCUT2D eigenvalue weighted by Gasteiger charge is -2.04. The minimum atomic E-state index is -0.287. The summed E-state index contributed by atoms with van der Waals surface area (Å²) >= 11 is 0. The number of pyridine rings is 3. The van der Waals surface area contributed by atoms with Crippen LogP contribution in [0.4, 0.5) is 5.82 Å². The normalized spacial score (nSPS) is 10.8. The van der Waals surface area contributed by atoms with E-state index >= 15 is 0 Å². The molecule has 122 valence electrons. The van der Waals surface area contributed by atoms with Gasteiger partial charge in [0.05, 0.1) is 5.56 Å². The molecule has 0 aliphatic rings. The molecule has 0 saturated carbocycles. The van der Waals surface area contributed by atoms with E-state index < -0.39 is 0 Å². The number of aromatic nitrogens is 5. The van der Waals surface area contributed by atoms with E-state index in [4.69, 9.17) is 0 Å². The number of anilines is 1. The first kappa shape index (κ1) is 14.9. The molecular weight excluding hydrogens is 316 g/mol. The van der Waals surface area contributed by atoms with Gasteiger partial charge in [0.25, 0.3) is 5.91 Å². The van der Waals surface area contributed by atoms with Crippen molar-refractivity contribution in [3.05, 3.63) is 72.3 Å². The van der Waals surface area contributed by atoms with Crippen molar-refractivity contribution < 1.29 is 4.79 Å². The third-order valence-electron chi connectivity index (χ3n) is 3.68. The highest BCUT2D eigenvalue weighted by atomic mass is 16.1. The molecule has 4 aromatic rings. The Labute approximate surface area is 143 Å². The fourth-order valence-corrected chi connectivity index (χ4v) is 2.43. The van der Waals surface area contributed by atoms with Crippen LogP contribution in [-0.2, 0) is 0 Å². The maximum Gasteiger partial charge on any atom is 0.260 e. The maximum absolute atomic E-state index is 12.6. The number of hydrogen-bond donors (Lipinski definition) is 1. The highest BCUT2D eigenvalue weighted by molar-refractivity contribution is 6.07. The fourth-order valence-electron chi connectivity index (χ4n) is 2.43. The van der Waals surface area contributed by atoms with Crippen molar-refractivity contribution in [3.63, 3.8) is 0 Å². The number of fused-ring (bicyclic) bond motifs is 1. The van der Waals surface area contributed by atoms with E-state index in [1.807, 2.05) is 25.1 Å². The zero-order chi connectivity index (χ0) is 17.2. The van der Waals surface area contributed by atoms with Crippen molar-refractivity contribution in [1.29, 1.82) is 0 Å². The van der Waals surface area contributed by atoms with Gasteiger partial charge in [-0.15, -0.1) is 5.10 Å². The van der Waals surface area contributed by atoms with E-state index in [-0.39, 0.29) is 5.91 Å². The van der Waals surface area contributed by atoms with Gasteiger partial charge in [-0.25, -0.2) is 14.5 Å². The average molecular weight is 330 g/mol. The topological polar surface area (TPSA) is 85.1 Å². The molecule has 7 heteroatoms. The first-order chi connectivity index (χ1) is 12.2. The SMILES string of the molecule is Cc1ccc(-c2nc3c(C(=O)Nc4ccccn4)cccn3n2)cn1. The zero-order valence-corrected chi connectivity index (χ0v) is 13.4. The largest absolute Gasteiger partial charge is 0.306 e. The van der Waals surface area contributed by atoms with Crippen molar-refractivity contribution in [2.24, 2.45) is 0 Å². The van der Waals surface area contributed by atoms with Crippen LogP contribution in [0.5, 0.6) is 0 Å². The number of nitrogens with one attached hydrogen (secondary N) is 1. The Balaban J connectivity index is 1.72. The van der Waals surface area contributed by atoms with Gasteiger partial charge in [-0.1, -0.05) is 6.07 Å². The van der Waals surface area contributed by atoms with Crippen LogP contribution >= 0.6 is 0 Å². The Kier molecular flexibility index (Phi) is 3.66. The van der Waals surface area contributed by atoms with Crippen molar-refractivity contribution in [1.82, 2.24) is 24.6 Å². The molecule has 0 aliphatic carbocycles. The second-order valence-corrected chi connectivity index (χ2v) is 5.48. The van der Waals surface area contributed by atoms with Crippen LogP contribution in [0, 0.1) is 6.92 Å². The molecule has 4 heterocycles. The van der Waals surface area contributed by atoms with Crippen LogP contribution in [0.25, 0.3) is 17.0 Å². The summed E-state index contributed by atoms with van der Waals surface area (Å²) in [7, 11) is 0. The molecular formula is C18H14N6O. The summed E-state index contributed by atoms with van der Waals surface area (Å²) < 4.78 is 1.59. The maximum atomic E-state index is 12.6. The smallest absolute Gasteiger partial charge is 0.260 e. The first-order valence-corrected chi connectivity index (χ1v) is 7.71. The van der Waals surface area contributed by atoms with Crippen molar-refractivity contribution in [2.45, 2.75) is 6.92 Å². The number of hydrogen-bond acceptors (Lipinski definition) is 5. The number of aryl methyl sites for hydroxylation is 1. The van der Waals surface area contributed by atoms with E-state index in [0.29, 0.717) is 22.9 Å². The number of carbonyl (C=O) groups excluding carboxylic acids is 1. The molecule has 0 aliphatic heterocycles. The predicted molar refractivity (Wildman–Crippen MR) is 93.1 cm³/mol. The molecule has 1 amide bonds. The Morgan fingerprint density at radius 1 is 1.08 bits per heavy atom. The van der Waals surface area contributed by atoms with Crippen LogP contribution in [-0.4, -0.2) is 30.5 Å². The van der Waals surface area contributed by atoms with E-state index in [0.717, 1.165) is 11.3 Å². The fraction of sp³-hybridized carbons (Fsp3) is 0.0556. The van der Waals surface area contributed by atoms with Crippen molar-refractivity contribution >= 4 is 17.4 Å². The highest BCUT2D eigenvalue weighted by Crippen LogP contribution is 2.18. The van der Waals surface area contributed by atoms with E-state index in [9.17, 15) is 4.79 Å². The summed E-state index contributed by atoms with van der Waals surface area (Å²) in [5.74, 6) is 0.716. The van der Waals surface area contributed by atoms with Gasteiger partial charge in [-0.3, -0.25) is 9.78 Å². The second kappa shape index (κ2) is 6.12. The molecule has 7 nitrogen and oxygen atoms in total. The van der Waals surface area contributed by atoms with Gasteiger partial charge in [-0.2, -0.15) is 0 Å². The van der Waals surface area contributed by atoms with Gasteiger partial charge < -0.3 is 5.32 Å². The molecule has 0 atom stereocenters. The van der Waals surface area contributed by atoms with Gasteiger partial charge >= 0.3 is 0 Å². The minimum absolute atomic E-state index is 0.287. The van der Waals surface area contributed by atoms with Crippen LogP contribution < -0.4 is 5.32 Å². The summed E-state index contributed by atoms with van der Waals surface area (Å²) in [4.78, 5) is 25.4. The molecule has 4 rings (SSSR count). The lowest BCUT2D eigenvalue weighted by atomic mass is 10.2. The summed E-state index contributed by atoms with van der Waals surface area (Å²) in [6.45, 7) is 1.92. The van der Waals surface area contributed by atoms with Crippen LogP contribution in [0.3, 0.4) is 0 Å². The molecule has 0 radical (unpaired) electrons. The van der Waals surface area contributed by atoms with Crippen LogP contribution in [0.15, 0.2) is 61.1 Å². The molecule has 25 heavy (non-hydrogen) atoms. The third kappa shape index (κ3) is 2.94.